The van der Waals surface area contributed by atoms with Crippen LogP contribution in [-0.4, -0.2) is 61.2 Å². The maximum absolute atomic E-state index is 3.81. The number of piperazine rings is 1. The van der Waals surface area contributed by atoms with E-state index in [0.717, 1.165) is 12.1 Å². The van der Waals surface area contributed by atoms with Gasteiger partial charge in [-0.2, -0.15) is 0 Å². The molecule has 1 atom stereocenters. The second kappa shape index (κ2) is 7.05. The van der Waals surface area contributed by atoms with Crippen LogP contribution in [0.5, 0.6) is 0 Å². The van der Waals surface area contributed by atoms with E-state index in [1.807, 2.05) is 0 Å². The van der Waals surface area contributed by atoms with Crippen molar-refractivity contribution < 1.29 is 0 Å². The second-order valence-corrected chi connectivity index (χ2v) is 6.78. The van der Waals surface area contributed by atoms with Crippen LogP contribution in [0.4, 0.5) is 0 Å². The van der Waals surface area contributed by atoms with Crippen LogP contribution in [0.1, 0.15) is 51.4 Å². The molecule has 3 nitrogen and oxygen atoms in total. The molecule has 0 aromatic carbocycles. The minimum Gasteiger partial charge on any atom is -0.313 e. The molecule has 0 amide bonds. The molecule has 0 spiro atoms. The Bertz CT molecular complexity index is 261. The van der Waals surface area contributed by atoms with Crippen molar-refractivity contribution in [1.82, 2.24) is 15.1 Å². The van der Waals surface area contributed by atoms with Crippen molar-refractivity contribution in [2.75, 3.05) is 39.3 Å². The minimum absolute atomic E-state index is 0.815. The van der Waals surface area contributed by atoms with E-state index in [-0.39, 0.29) is 0 Å². The lowest BCUT2D eigenvalue weighted by Crippen LogP contribution is -2.51. The summed E-state index contributed by atoms with van der Waals surface area (Å²) in [6.07, 6.45) is 11.5. The third-order valence-corrected chi connectivity index (χ3v) is 5.39. The number of hydrogen-bond acceptors (Lipinski definition) is 3. The average Bonchev–Trinajstić information content (AvgIpc) is 2.74. The van der Waals surface area contributed by atoms with E-state index in [1.165, 1.54) is 90.6 Å². The molecular formula is C16H31N3. The Morgan fingerprint density at radius 1 is 0.842 bits per heavy atom. The van der Waals surface area contributed by atoms with Crippen molar-refractivity contribution in [1.29, 1.82) is 0 Å². The van der Waals surface area contributed by atoms with Gasteiger partial charge in [0.25, 0.3) is 0 Å². The van der Waals surface area contributed by atoms with Gasteiger partial charge in [-0.3, -0.25) is 9.80 Å². The summed E-state index contributed by atoms with van der Waals surface area (Å²) >= 11 is 0. The summed E-state index contributed by atoms with van der Waals surface area (Å²) in [5.41, 5.74) is 0. The number of fused-ring (bicyclic) bond motifs is 1. The van der Waals surface area contributed by atoms with Gasteiger partial charge in [-0.1, -0.05) is 25.7 Å². The van der Waals surface area contributed by atoms with Gasteiger partial charge in [0, 0.05) is 44.8 Å². The molecule has 2 heterocycles. The highest BCUT2D eigenvalue weighted by molar-refractivity contribution is 4.87. The van der Waals surface area contributed by atoms with Gasteiger partial charge in [0.15, 0.2) is 0 Å². The predicted octanol–water partition coefficient (Wildman–Crippen LogP) is 2.08. The first-order valence-corrected chi connectivity index (χ1v) is 8.61. The van der Waals surface area contributed by atoms with Crippen LogP contribution in [0, 0.1) is 0 Å². The molecule has 0 aromatic heterocycles. The Labute approximate surface area is 118 Å². The summed E-state index contributed by atoms with van der Waals surface area (Å²) in [6.45, 7) is 7.76. The van der Waals surface area contributed by atoms with Crippen LogP contribution in [0.2, 0.25) is 0 Å². The van der Waals surface area contributed by atoms with Crippen LogP contribution < -0.4 is 5.32 Å². The van der Waals surface area contributed by atoms with Gasteiger partial charge < -0.3 is 5.32 Å². The first-order valence-electron chi connectivity index (χ1n) is 8.61. The maximum Gasteiger partial charge on any atom is 0.0224 e. The standard InChI is InChI=1S/C16H31N3/c1-2-4-7-15(6-3-1)17-9-11-18-12-13-19-10-5-8-16(19)14-18/h15-17H,1-14H2. The molecule has 0 bridgehead atoms. The molecular weight excluding hydrogens is 234 g/mol. The molecule has 3 rings (SSSR count). The van der Waals surface area contributed by atoms with Crippen molar-refractivity contribution in [2.45, 2.75) is 63.5 Å². The van der Waals surface area contributed by atoms with Gasteiger partial charge >= 0.3 is 0 Å². The van der Waals surface area contributed by atoms with Crippen LogP contribution in [-0.2, 0) is 0 Å². The maximum atomic E-state index is 3.81. The van der Waals surface area contributed by atoms with E-state index >= 15 is 0 Å². The Balaban J connectivity index is 1.33. The molecule has 3 heteroatoms. The lowest BCUT2D eigenvalue weighted by atomic mass is 10.1. The summed E-state index contributed by atoms with van der Waals surface area (Å²) in [5.74, 6) is 0. The smallest absolute Gasteiger partial charge is 0.0224 e. The normalized spacial score (nSPS) is 31.3. The number of rotatable bonds is 4. The molecule has 1 saturated carbocycles. The molecule has 1 aliphatic carbocycles. The molecule has 2 aliphatic heterocycles. The Morgan fingerprint density at radius 2 is 1.68 bits per heavy atom. The number of nitrogens with zero attached hydrogens (tertiary/aromatic N) is 2. The topological polar surface area (TPSA) is 18.5 Å². The van der Waals surface area contributed by atoms with E-state index in [2.05, 4.69) is 15.1 Å². The fourth-order valence-corrected chi connectivity index (χ4v) is 4.17. The van der Waals surface area contributed by atoms with Gasteiger partial charge in [0.1, 0.15) is 0 Å². The van der Waals surface area contributed by atoms with E-state index in [1.54, 1.807) is 0 Å². The summed E-state index contributed by atoms with van der Waals surface area (Å²) in [5, 5.41) is 3.81. The fourth-order valence-electron chi connectivity index (χ4n) is 4.17. The van der Waals surface area contributed by atoms with Gasteiger partial charge in [-0.05, 0) is 32.2 Å². The Hall–Kier alpha value is -0.120. The first-order chi connectivity index (χ1) is 9.42. The zero-order valence-corrected chi connectivity index (χ0v) is 12.4. The highest BCUT2D eigenvalue weighted by Gasteiger charge is 2.30. The van der Waals surface area contributed by atoms with Gasteiger partial charge in [-0.25, -0.2) is 0 Å². The van der Waals surface area contributed by atoms with Crippen molar-refractivity contribution in [2.24, 2.45) is 0 Å². The van der Waals surface area contributed by atoms with Crippen LogP contribution in [0.3, 0.4) is 0 Å². The minimum atomic E-state index is 0.815. The largest absolute Gasteiger partial charge is 0.313 e. The van der Waals surface area contributed by atoms with E-state index < -0.39 is 0 Å². The van der Waals surface area contributed by atoms with Crippen LogP contribution in [0.25, 0.3) is 0 Å². The number of nitrogens with one attached hydrogen (secondary N) is 1. The monoisotopic (exact) mass is 265 g/mol. The molecule has 110 valence electrons. The molecule has 2 saturated heterocycles. The van der Waals surface area contributed by atoms with Crippen molar-refractivity contribution in [3.63, 3.8) is 0 Å². The van der Waals surface area contributed by atoms with Gasteiger partial charge in [0.2, 0.25) is 0 Å². The summed E-state index contributed by atoms with van der Waals surface area (Å²) in [7, 11) is 0. The molecule has 1 unspecified atom stereocenters. The summed E-state index contributed by atoms with van der Waals surface area (Å²) in [6, 6.07) is 1.70. The van der Waals surface area contributed by atoms with Crippen LogP contribution in [0.15, 0.2) is 0 Å². The Morgan fingerprint density at radius 3 is 2.53 bits per heavy atom. The zero-order chi connectivity index (χ0) is 12.9. The van der Waals surface area contributed by atoms with Crippen molar-refractivity contribution in [3.05, 3.63) is 0 Å². The third kappa shape index (κ3) is 3.93. The summed E-state index contributed by atoms with van der Waals surface area (Å²) < 4.78 is 0. The quantitative estimate of drug-likeness (QED) is 0.785. The van der Waals surface area contributed by atoms with Crippen LogP contribution >= 0.6 is 0 Å². The number of hydrogen-bond donors (Lipinski definition) is 1. The highest BCUT2D eigenvalue weighted by Crippen LogP contribution is 2.21. The zero-order valence-electron chi connectivity index (χ0n) is 12.4. The molecule has 0 aromatic rings. The molecule has 1 N–H and O–H groups in total. The lowest BCUT2D eigenvalue weighted by molar-refractivity contribution is 0.104. The van der Waals surface area contributed by atoms with E-state index in [4.69, 9.17) is 0 Å². The molecule has 0 radical (unpaired) electrons. The van der Waals surface area contributed by atoms with E-state index in [9.17, 15) is 0 Å². The van der Waals surface area contributed by atoms with Gasteiger partial charge in [-0.15, -0.1) is 0 Å². The second-order valence-electron chi connectivity index (χ2n) is 6.78. The molecule has 3 fully saturated rings. The first kappa shape index (κ1) is 13.8. The molecule has 3 aliphatic rings. The van der Waals surface area contributed by atoms with Crippen molar-refractivity contribution in [3.8, 4) is 0 Å². The highest BCUT2D eigenvalue weighted by atomic mass is 15.3. The lowest BCUT2D eigenvalue weighted by Gasteiger charge is -2.37. The predicted molar refractivity (Wildman–Crippen MR) is 80.5 cm³/mol. The van der Waals surface area contributed by atoms with Gasteiger partial charge in [0.05, 0.1) is 0 Å². The average molecular weight is 265 g/mol. The third-order valence-electron chi connectivity index (χ3n) is 5.39. The summed E-state index contributed by atoms with van der Waals surface area (Å²) in [4.78, 5) is 5.39. The molecule has 19 heavy (non-hydrogen) atoms. The van der Waals surface area contributed by atoms with E-state index in [0.29, 0.717) is 0 Å². The van der Waals surface area contributed by atoms with Crippen molar-refractivity contribution >= 4 is 0 Å². The SMILES string of the molecule is C1CCCC(NCCN2CCN3CCCC3C2)CC1. The fraction of sp³-hybridized carbons (Fsp3) is 1.00. The Kier molecular flexibility index (Phi) is 5.14.